The normalized spacial score (nSPS) is 39.2. The van der Waals surface area contributed by atoms with Crippen LogP contribution >= 0.6 is 0 Å². The first kappa shape index (κ1) is 44.7. The Balaban J connectivity index is 1.27. The van der Waals surface area contributed by atoms with E-state index in [-0.39, 0.29) is 60.8 Å². The van der Waals surface area contributed by atoms with E-state index in [0.29, 0.717) is 32.1 Å². The SMILES string of the molecule is C/C(=C\[C@@H](C)CCCCC(=O)O)[C@H]1O[C@@H]2C=C[C@@H]1OC(=O)C=C/C=C/C=C[C@H]1O[C@H]3C[C@H]1O[C@@H](C=CC[C@H]1O[C@@H](C[C@@H](O)[C@@H]1C)[C@H](O)C/C=C/CC/C=C/C2)[C@H]3C. The molecule has 6 rings (SSSR count). The van der Waals surface area contributed by atoms with Crippen molar-refractivity contribution < 1.29 is 48.6 Å². The van der Waals surface area contributed by atoms with Crippen LogP contribution in [0.3, 0.4) is 0 Å². The Morgan fingerprint density at radius 3 is 2.28 bits per heavy atom. The fraction of sp³-hybridized carbons (Fsp3) is 0.617. The van der Waals surface area contributed by atoms with Crippen LogP contribution in [0.4, 0.5) is 0 Å². The van der Waals surface area contributed by atoms with Crippen molar-refractivity contribution in [3.63, 3.8) is 0 Å². The number of unbranched alkanes of at least 4 members (excludes halogenated alkanes) is 1. The van der Waals surface area contributed by atoms with E-state index < -0.39 is 42.5 Å². The lowest BCUT2D eigenvalue weighted by Crippen LogP contribution is -2.47. The second-order valence-corrected chi connectivity index (χ2v) is 16.5. The van der Waals surface area contributed by atoms with Crippen LogP contribution in [0.5, 0.6) is 0 Å². The Labute approximate surface area is 339 Å². The molecule has 0 saturated carbocycles. The third-order valence-corrected chi connectivity index (χ3v) is 11.9. The maximum Gasteiger partial charge on any atom is 0.331 e. The van der Waals surface area contributed by atoms with Crippen molar-refractivity contribution in [3.05, 3.63) is 96.7 Å². The molecule has 0 aromatic carbocycles. The van der Waals surface area contributed by atoms with Crippen molar-refractivity contribution in [2.24, 2.45) is 17.8 Å². The van der Waals surface area contributed by atoms with Gasteiger partial charge in [-0.1, -0.05) is 106 Å². The molecule has 6 heterocycles. The highest BCUT2D eigenvalue weighted by atomic mass is 16.6. The van der Waals surface area contributed by atoms with Gasteiger partial charge in [0.25, 0.3) is 0 Å². The third kappa shape index (κ3) is 13.9. The molecule has 0 unspecified atom stereocenters. The van der Waals surface area contributed by atoms with E-state index in [0.717, 1.165) is 37.7 Å². The van der Waals surface area contributed by atoms with E-state index in [1.165, 1.54) is 6.08 Å². The summed E-state index contributed by atoms with van der Waals surface area (Å²) in [5, 5.41) is 30.9. The van der Waals surface area contributed by atoms with Crippen LogP contribution in [0.25, 0.3) is 0 Å². The van der Waals surface area contributed by atoms with Crippen LogP contribution in [0, 0.1) is 17.8 Å². The molecular weight excluding hydrogens is 725 g/mol. The molecule has 3 N–H and O–H groups in total. The van der Waals surface area contributed by atoms with Gasteiger partial charge in [-0.15, -0.1) is 0 Å². The van der Waals surface area contributed by atoms with Gasteiger partial charge < -0.3 is 39.0 Å². The fourth-order valence-corrected chi connectivity index (χ4v) is 8.35. The zero-order valence-electron chi connectivity index (χ0n) is 34.2. The lowest BCUT2D eigenvalue weighted by Gasteiger charge is -2.39. The number of allylic oxidation sites excluding steroid dienone is 7. The van der Waals surface area contributed by atoms with Gasteiger partial charge in [0.15, 0.2) is 6.10 Å². The van der Waals surface area contributed by atoms with Gasteiger partial charge in [-0.3, -0.25) is 4.79 Å². The maximum atomic E-state index is 13.0. The largest absolute Gasteiger partial charge is 0.481 e. The Morgan fingerprint density at radius 2 is 1.49 bits per heavy atom. The predicted octanol–water partition coefficient (Wildman–Crippen LogP) is 7.83. The molecule has 0 amide bonds. The van der Waals surface area contributed by atoms with E-state index in [4.69, 9.17) is 28.8 Å². The minimum Gasteiger partial charge on any atom is -0.481 e. The van der Waals surface area contributed by atoms with Gasteiger partial charge in [0.1, 0.15) is 12.2 Å². The van der Waals surface area contributed by atoms with Gasteiger partial charge in [0.2, 0.25) is 0 Å². The minimum atomic E-state index is -0.777. The van der Waals surface area contributed by atoms with Crippen LogP contribution in [-0.4, -0.2) is 94.4 Å². The van der Waals surface area contributed by atoms with Crippen molar-refractivity contribution in [2.75, 3.05) is 0 Å². The average molecular weight is 791 g/mol. The number of aliphatic hydroxyl groups is 2. The second-order valence-electron chi connectivity index (χ2n) is 16.5. The van der Waals surface area contributed by atoms with Gasteiger partial charge in [0.05, 0.1) is 48.8 Å². The number of hydrogen-bond acceptors (Lipinski definition) is 9. The van der Waals surface area contributed by atoms with E-state index in [1.807, 2.05) is 50.3 Å². The van der Waals surface area contributed by atoms with Crippen LogP contribution in [0.1, 0.15) is 98.3 Å². The summed E-state index contributed by atoms with van der Waals surface area (Å²) >= 11 is 0. The molecule has 314 valence electrons. The van der Waals surface area contributed by atoms with Gasteiger partial charge in [-0.25, -0.2) is 4.79 Å². The summed E-state index contributed by atoms with van der Waals surface area (Å²) in [5.74, 6) is -0.909. The van der Waals surface area contributed by atoms with E-state index >= 15 is 0 Å². The molecule has 0 aliphatic carbocycles. The number of aliphatic carboxylic acids is 1. The number of hydrogen-bond donors (Lipinski definition) is 3. The predicted molar refractivity (Wildman–Crippen MR) is 220 cm³/mol. The number of carbonyl (C=O) groups is 2. The van der Waals surface area contributed by atoms with Crippen LogP contribution in [0.2, 0.25) is 0 Å². The standard InChI is InChI=1S/C47H66O10/c1-31(18-15-16-24-45(50)51)28-32(2)47-41-27-26-35(53-47)19-11-7-5-6-8-12-20-36(48)43-29-37(49)33(3)38(54-43)22-17-23-39-34(4)42-30-44(55-39)40(56-42)21-13-9-10-14-25-46(52)57-41/h7-14,17,21,23,25-28,31,33-44,47-49H,5-6,15-16,18-20,22,24,29-30H2,1-4H3,(H,50,51)/b10-9+,11-7+,12-8+,21-13?,23-17?,25-14?,32-28+/t31-,33-,34+,35-,36+,37+,38+,39-,40+,41-,42-,43-,44+,47+/m0/s1. The first-order valence-electron chi connectivity index (χ1n) is 21.2. The number of carbonyl (C=O) groups excluding carboxylic acids is 1. The molecule has 14 atom stereocenters. The lowest BCUT2D eigenvalue weighted by molar-refractivity contribution is -0.162. The summed E-state index contributed by atoms with van der Waals surface area (Å²) in [5.41, 5.74) is 0.970. The highest BCUT2D eigenvalue weighted by Crippen LogP contribution is 2.38. The number of aliphatic hydroxyl groups excluding tert-OH is 2. The average Bonchev–Trinajstić information content (AvgIpc) is 3.53. The smallest absolute Gasteiger partial charge is 0.331 e. The number of carboxylic acid groups (broad SMARTS) is 1. The highest BCUT2D eigenvalue weighted by Gasteiger charge is 2.45. The molecule has 3 saturated heterocycles. The van der Waals surface area contributed by atoms with Crippen molar-refractivity contribution in [2.45, 2.75) is 165 Å². The summed E-state index contributed by atoms with van der Waals surface area (Å²) in [6.45, 7) is 8.27. The molecular formula is C47H66O10. The van der Waals surface area contributed by atoms with Crippen LogP contribution < -0.4 is 0 Å². The number of esters is 1. The number of rotatable bonds is 7. The summed E-state index contributed by atoms with van der Waals surface area (Å²) < 4.78 is 31.7. The molecule has 0 aromatic rings. The molecule has 0 aromatic heterocycles. The number of fused-ring (bicyclic) bond motifs is 13. The molecule has 3 fully saturated rings. The summed E-state index contributed by atoms with van der Waals surface area (Å²) in [6, 6.07) is 0. The van der Waals surface area contributed by atoms with E-state index in [1.54, 1.807) is 12.2 Å². The monoisotopic (exact) mass is 790 g/mol. The molecule has 10 nitrogen and oxygen atoms in total. The Hall–Kier alpha value is -3.38. The first-order chi connectivity index (χ1) is 27.5. The highest BCUT2D eigenvalue weighted by molar-refractivity contribution is 5.82. The summed E-state index contributed by atoms with van der Waals surface area (Å²) in [6.07, 6.45) is 32.9. The zero-order chi connectivity index (χ0) is 40.7. The van der Waals surface area contributed by atoms with E-state index in [9.17, 15) is 19.8 Å². The quantitative estimate of drug-likeness (QED) is 0.133. The maximum absolute atomic E-state index is 13.0. The Morgan fingerprint density at radius 1 is 0.737 bits per heavy atom. The first-order valence-corrected chi connectivity index (χ1v) is 21.2. The van der Waals surface area contributed by atoms with Crippen LogP contribution in [0.15, 0.2) is 96.7 Å². The van der Waals surface area contributed by atoms with Gasteiger partial charge in [0, 0.05) is 37.2 Å². The van der Waals surface area contributed by atoms with Gasteiger partial charge in [-0.05, 0) is 69.4 Å². The molecule has 6 aliphatic heterocycles. The van der Waals surface area contributed by atoms with Crippen molar-refractivity contribution in [3.8, 4) is 0 Å². The Kier molecular flexibility index (Phi) is 17.8. The summed E-state index contributed by atoms with van der Waals surface area (Å²) in [4.78, 5) is 23.9. The molecule has 10 heteroatoms. The fourth-order valence-electron chi connectivity index (χ4n) is 8.35. The van der Waals surface area contributed by atoms with Gasteiger partial charge >= 0.3 is 11.9 Å². The van der Waals surface area contributed by atoms with E-state index in [2.05, 4.69) is 50.3 Å². The lowest BCUT2D eigenvalue weighted by atomic mass is 9.86. The Bertz CT molecular complexity index is 1540. The zero-order valence-corrected chi connectivity index (χ0v) is 34.2. The molecule has 6 aliphatic rings. The molecule has 0 radical (unpaired) electrons. The molecule has 0 spiro atoms. The van der Waals surface area contributed by atoms with Crippen molar-refractivity contribution >= 4 is 11.9 Å². The number of ether oxygens (including phenoxy) is 5. The third-order valence-electron chi connectivity index (χ3n) is 11.9. The minimum absolute atomic E-state index is 0.0508. The second kappa shape index (κ2) is 22.7. The van der Waals surface area contributed by atoms with Crippen molar-refractivity contribution in [1.82, 2.24) is 0 Å². The number of carboxylic acids is 1. The van der Waals surface area contributed by atoms with Crippen molar-refractivity contribution in [1.29, 1.82) is 0 Å². The molecule has 7 bridgehead atoms. The summed E-state index contributed by atoms with van der Waals surface area (Å²) in [7, 11) is 0. The van der Waals surface area contributed by atoms with Crippen LogP contribution in [-0.2, 0) is 33.3 Å². The topological polar surface area (TPSA) is 141 Å². The molecule has 57 heavy (non-hydrogen) atoms. The van der Waals surface area contributed by atoms with Gasteiger partial charge in [-0.2, -0.15) is 0 Å².